The minimum Gasteiger partial charge on any atom is -0.480 e. The fourth-order valence-corrected chi connectivity index (χ4v) is 6.41. The van der Waals surface area contributed by atoms with Gasteiger partial charge in [-0.3, -0.25) is 14.5 Å². The van der Waals surface area contributed by atoms with Gasteiger partial charge in [-0.1, -0.05) is 54.6 Å². The summed E-state index contributed by atoms with van der Waals surface area (Å²) in [6, 6.07) is 21.7. The summed E-state index contributed by atoms with van der Waals surface area (Å²) in [5.74, 6) is 0.0742. The molecule has 0 radical (unpaired) electrons. The molecule has 1 aromatic heterocycles. The van der Waals surface area contributed by atoms with Crippen LogP contribution in [0.15, 0.2) is 72.9 Å². The number of pyridine rings is 1. The van der Waals surface area contributed by atoms with Crippen molar-refractivity contribution < 1.29 is 14.3 Å². The normalized spacial score (nSPS) is 25.5. The van der Waals surface area contributed by atoms with Crippen molar-refractivity contribution >= 4 is 23.1 Å². The summed E-state index contributed by atoms with van der Waals surface area (Å²) in [6.45, 7) is 3.80. The van der Waals surface area contributed by atoms with E-state index in [1.165, 1.54) is 6.92 Å². The fourth-order valence-electron chi connectivity index (χ4n) is 6.41. The zero-order chi connectivity index (χ0) is 25.1. The zero-order valence-corrected chi connectivity index (χ0v) is 20.2. The Morgan fingerprint density at radius 3 is 2.75 bits per heavy atom. The molecule has 178 valence electrons. The van der Waals surface area contributed by atoms with Crippen molar-refractivity contribution in [3.63, 3.8) is 0 Å². The molecule has 36 heavy (non-hydrogen) atoms. The molecule has 6 nitrogen and oxygen atoms in total. The summed E-state index contributed by atoms with van der Waals surface area (Å²) in [5, 5.41) is 10.5. The number of ketones is 1. The summed E-state index contributed by atoms with van der Waals surface area (Å²) in [4.78, 5) is 33.9. The number of benzene rings is 2. The van der Waals surface area contributed by atoms with E-state index >= 15 is 0 Å². The number of rotatable bonds is 4. The molecule has 1 amide bonds. The topological polar surface area (TPSA) is 83.3 Å². The number of aryl methyl sites for hydroxylation is 1. The van der Waals surface area contributed by atoms with Crippen LogP contribution in [0.5, 0.6) is 5.75 Å². The maximum Gasteiger partial charge on any atom is 0.245 e. The average molecular weight is 476 g/mol. The number of carbonyl (C=O) groups excluding carboxylic acids is 2. The Morgan fingerprint density at radius 1 is 1.19 bits per heavy atom. The van der Waals surface area contributed by atoms with Crippen LogP contribution < -0.4 is 9.64 Å². The number of ether oxygens (including phenoxy) is 1. The van der Waals surface area contributed by atoms with Gasteiger partial charge in [-0.2, -0.15) is 5.26 Å². The molecule has 0 saturated heterocycles. The quantitative estimate of drug-likeness (QED) is 0.535. The third-order valence-corrected chi connectivity index (χ3v) is 7.75. The first-order chi connectivity index (χ1) is 17.4. The number of hydrogen-bond acceptors (Lipinski definition) is 5. The third-order valence-electron chi connectivity index (χ3n) is 7.75. The second-order valence-corrected chi connectivity index (χ2v) is 9.90. The van der Waals surface area contributed by atoms with Gasteiger partial charge in [-0.25, -0.2) is 4.98 Å². The highest BCUT2D eigenvalue weighted by Crippen LogP contribution is 2.64. The SMILES string of the molecule is CC(=O)C[C@@]12Oc3cc(C)ccc3C1=CC[C@H](C#N)C21C(=O)N(Cc2ccccc2)c2ncccc21. The van der Waals surface area contributed by atoms with E-state index in [1.54, 1.807) is 17.2 Å². The molecule has 0 N–H and O–H groups in total. The Morgan fingerprint density at radius 2 is 2.00 bits per heavy atom. The third kappa shape index (κ3) is 2.80. The molecule has 3 atom stereocenters. The summed E-state index contributed by atoms with van der Waals surface area (Å²) in [6.07, 6.45) is 4.01. The Balaban J connectivity index is 1.63. The lowest BCUT2D eigenvalue weighted by Gasteiger charge is -2.49. The van der Waals surface area contributed by atoms with Crippen LogP contribution in [0, 0.1) is 24.2 Å². The number of aromatic nitrogens is 1. The van der Waals surface area contributed by atoms with Gasteiger partial charge in [0.05, 0.1) is 25.0 Å². The number of nitriles is 1. The molecule has 6 rings (SSSR count). The molecular formula is C30H25N3O3. The van der Waals surface area contributed by atoms with Crippen LogP contribution in [-0.4, -0.2) is 22.3 Å². The Kier molecular flexibility index (Phi) is 4.87. The van der Waals surface area contributed by atoms with Gasteiger partial charge in [0.1, 0.15) is 22.8 Å². The van der Waals surface area contributed by atoms with Gasteiger partial charge < -0.3 is 4.74 Å². The lowest BCUT2D eigenvalue weighted by atomic mass is 9.53. The Labute approximate surface area is 209 Å². The number of amides is 1. The Hall–Kier alpha value is -4.24. The van der Waals surface area contributed by atoms with Gasteiger partial charge in [-0.15, -0.1) is 0 Å². The van der Waals surface area contributed by atoms with E-state index in [4.69, 9.17) is 4.74 Å². The average Bonchev–Trinajstić information content (AvgIpc) is 3.31. The van der Waals surface area contributed by atoms with E-state index in [2.05, 4.69) is 11.1 Å². The first-order valence-corrected chi connectivity index (χ1v) is 12.1. The van der Waals surface area contributed by atoms with Gasteiger partial charge in [0.2, 0.25) is 5.91 Å². The molecule has 1 aliphatic carbocycles. The monoisotopic (exact) mass is 475 g/mol. The maximum absolute atomic E-state index is 14.8. The van der Waals surface area contributed by atoms with Crippen molar-refractivity contribution in [1.82, 2.24) is 4.98 Å². The van der Waals surface area contributed by atoms with Crippen LogP contribution in [0.3, 0.4) is 0 Å². The van der Waals surface area contributed by atoms with Crippen LogP contribution in [0.1, 0.15) is 42.0 Å². The van der Waals surface area contributed by atoms with Crippen LogP contribution in [0.2, 0.25) is 0 Å². The second-order valence-electron chi connectivity index (χ2n) is 9.90. The van der Waals surface area contributed by atoms with E-state index in [0.717, 1.165) is 22.3 Å². The first kappa shape index (κ1) is 22.2. The van der Waals surface area contributed by atoms with Crippen molar-refractivity contribution in [2.24, 2.45) is 5.92 Å². The second kappa shape index (κ2) is 7.89. The molecular weight excluding hydrogens is 450 g/mol. The number of hydrogen-bond donors (Lipinski definition) is 0. The molecule has 0 fully saturated rings. The van der Waals surface area contributed by atoms with E-state index < -0.39 is 16.9 Å². The molecule has 6 heteroatoms. The number of carbonyl (C=O) groups is 2. The summed E-state index contributed by atoms with van der Waals surface area (Å²) >= 11 is 0. The van der Waals surface area contributed by atoms with Gasteiger partial charge in [0.15, 0.2) is 5.60 Å². The van der Waals surface area contributed by atoms with Gasteiger partial charge >= 0.3 is 0 Å². The maximum atomic E-state index is 14.8. The van der Waals surface area contributed by atoms with Gasteiger partial charge in [-0.05, 0) is 43.5 Å². The zero-order valence-electron chi connectivity index (χ0n) is 20.2. The van der Waals surface area contributed by atoms with E-state index in [1.807, 2.05) is 67.6 Å². The number of anilines is 1. The van der Waals surface area contributed by atoms with Gasteiger partial charge in [0, 0.05) is 22.9 Å². The largest absolute Gasteiger partial charge is 0.480 e. The van der Waals surface area contributed by atoms with Crippen molar-refractivity contribution in [3.8, 4) is 11.8 Å². The van der Waals surface area contributed by atoms with Crippen molar-refractivity contribution in [1.29, 1.82) is 5.26 Å². The van der Waals surface area contributed by atoms with Crippen molar-refractivity contribution in [2.75, 3.05) is 4.90 Å². The molecule has 3 aromatic rings. The lowest BCUT2D eigenvalue weighted by Crippen LogP contribution is -2.65. The van der Waals surface area contributed by atoms with Crippen LogP contribution in [-0.2, 0) is 21.5 Å². The van der Waals surface area contributed by atoms with E-state index in [0.29, 0.717) is 30.1 Å². The predicted molar refractivity (Wildman–Crippen MR) is 135 cm³/mol. The summed E-state index contributed by atoms with van der Waals surface area (Å²) < 4.78 is 6.77. The van der Waals surface area contributed by atoms with Gasteiger partial charge in [0.25, 0.3) is 0 Å². The number of fused-ring (bicyclic) bond motifs is 6. The van der Waals surface area contributed by atoms with E-state index in [-0.39, 0.29) is 18.1 Å². The molecule has 1 spiro atoms. The first-order valence-electron chi connectivity index (χ1n) is 12.1. The lowest BCUT2D eigenvalue weighted by molar-refractivity contribution is -0.134. The predicted octanol–water partition coefficient (Wildman–Crippen LogP) is 4.91. The van der Waals surface area contributed by atoms with Crippen LogP contribution in [0.4, 0.5) is 5.82 Å². The van der Waals surface area contributed by atoms with Crippen molar-refractivity contribution in [3.05, 3.63) is 95.2 Å². The Bertz CT molecular complexity index is 1490. The van der Waals surface area contributed by atoms with Crippen molar-refractivity contribution in [2.45, 2.75) is 44.2 Å². The molecule has 2 aliphatic heterocycles. The molecule has 2 aromatic carbocycles. The smallest absolute Gasteiger partial charge is 0.245 e. The molecule has 0 saturated carbocycles. The highest BCUT2D eigenvalue weighted by atomic mass is 16.5. The molecule has 3 aliphatic rings. The highest BCUT2D eigenvalue weighted by Gasteiger charge is 2.73. The van der Waals surface area contributed by atoms with Crippen LogP contribution in [0.25, 0.3) is 5.57 Å². The van der Waals surface area contributed by atoms with Crippen LogP contribution >= 0.6 is 0 Å². The minimum atomic E-state index is -1.41. The van der Waals surface area contributed by atoms with E-state index in [9.17, 15) is 14.9 Å². The fraction of sp³-hybridized carbons (Fsp3) is 0.267. The standard InChI is InChI=1S/C30H25N3O3/c1-19-10-12-23-24-13-11-22(17-31)30(29(24,16-20(2)34)36-26(23)15-19)25-9-6-14-32-27(25)33(28(30)35)18-21-7-4-3-5-8-21/h3-10,12-15,22H,11,16,18H2,1-2H3/t22-,29-,30?/m1/s1. The highest BCUT2D eigenvalue weighted by molar-refractivity contribution is 6.12. The number of Topliss-reactive ketones (excluding diaryl/α,β-unsaturated/α-hetero) is 1. The molecule has 3 heterocycles. The number of nitrogens with zero attached hydrogens (tertiary/aromatic N) is 3. The summed E-state index contributed by atoms with van der Waals surface area (Å²) in [7, 11) is 0. The molecule has 0 bridgehead atoms. The minimum absolute atomic E-state index is 0.0238. The number of allylic oxidation sites excluding steroid dienone is 1. The molecule has 1 unspecified atom stereocenters. The summed E-state index contributed by atoms with van der Waals surface area (Å²) in [5.41, 5.74) is 1.54.